The average molecular weight is 346 g/mol. The number of carbonyl (C=O) groups excluding carboxylic acids is 1. The first kappa shape index (κ1) is 17.2. The Bertz CT molecular complexity index is 911. The Morgan fingerprint density at radius 3 is 2.77 bits per heavy atom. The summed E-state index contributed by atoms with van der Waals surface area (Å²) in [7, 11) is 0. The zero-order valence-electron chi connectivity index (χ0n) is 14.3. The van der Waals surface area contributed by atoms with E-state index in [1.54, 1.807) is 16.8 Å². The van der Waals surface area contributed by atoms with Gasteiger partial charge in [-0.15, -0.1) is 11.5 Å². The third-order valence-corrected chi connectivity index (χ3v) is 3.72. The van der Waals surface area contributed by atoms with Gasteiger partial charge < -0.3 is 10.6 Å². The molecule has 2 aromatic heterocycles. The van der Waals surface area contributed by atoms with Crippen LogP contribution in [0.25, 0.3) is 5.69 Å². The van der Waals surface area contributed by atoms with Crippen LogP contribution in [0, 0.1) is 12.3 Å². The van der Waals surface area contributed by atoms with Gasteiger partial charge in [0.25, 0.3) is 5.91 Å². The number of nitrogens with zero attached hydrogens (tertiary/aromatic N) is 4. The van der Waals surface area contributed by atoms with Gasteiger partial charge in [-0.2, -0.15) is 0 Å². The smallest absolute Gasteiger partial charge is 0.253 e. The predicted molar refractivity (Wildman–Crippen MR) is 98.8 cm³/mol. The van der Waals surface area contributed by atoms with E-state index < -0.39 is 0 Å². The summed E-state index contributed by atoms with van der Waals surface area (Å²) in [4.78, 5) is 16.1. The van der Waals surface area contributed by atoms with Gasteiger partial charge in [0, 0.05) is 6.20 Å². The summed E-state index contributed by atoms with van der Waals surface area (Å²) in [5.74, 6) is 2.75. The Balaban J connectivity index is 1.65. The van der Waals surface area contributed by atoms with E-state index in [9.17, 15) is 4.79 Å². The van der Waals surface area contributed by atoms with Gasteiger partial charge in [-0.1, -0.05) is 29.3 Å². The molecule has 3 rings (SSSR count). The molecule has 2 heterocycles. The van der Waals surface area contributed by atoms with E-state index in [2.05, 4.69) is 31.9 Å². The SMILES string of the molecule is C#CCNC(=O)c1ccc(NC(C)c2cn(-c3ccccc3)nn2)nc1. The predicted octanol–water partition coefficient (Wildman–Crippen LogP) is 2.20. The van der Waals surface area contributed by atoms with Crippen LogP contribution in [0.15, 0.2) is 54.9 Å². The lowest BCUT2D eigenvalue weighted by Crippen LogP contribution is -2.23. The van der Waals surface area contributed by atoms with Crippen LogP contribution in [0.5, 0.6) is 0 Å². The largest absolute Gasteiger partial charge is 0.362 e. The van der Waals surface area contributed by atoms with Crippen LogP contribution in [-0.4, -0.2) is 32.4 Å². The van der Waals surface area contributed by atoms with Crippen molar-refractivity contribution >= 4 is 11.7 Å². The van der Waals surface area contributed by atoms with Crippen molar-refractivity contribution in [2.75, 3.05) is 11.9 Å². The number of hydrogen-bond donors (Lipinski definition) is 2. The molecule has 7 heteroatoms. The second-order valence-corrected chi connectivity index (χ2v) is 5.61. The molecule has 0 fully saturated rings. The van der Waals surface area contributed by atoms with Crippen LogP contribution >= 0.6 is 0 Å². The molecule has 0 saturated heterocycles. The number of terminal acetylenes is 1. The van der Waals surface area contributed by atoms with Crippen LogP contribution in [0.2, 0.25) is 0 Å². The third-order valence-electron chi connectivity index (χ3n) is 3.72. The van der Waals surface area contributed by atoms with Crippen LogP contribution in [0.1, 0.15) is 29.0 Å². The minimum Gasteiger partial charge on any atom is -0.362 e. The van der Waals surface area contributed by atoms with Crippen LogP contribution in [0.3, 0.4) is 0 Å². The molecule has 0 aliphatic carbocycles. The number of benzene rings is 1. The first-order chi connectivity index (χ1) is 12.7. The lowest BCUT2D eigenvalue weighted by atomic mass is 10.2. The Labute approximate surface area is 151 Å². The number of hydrogen-bond acceptors (Lipinski definition) is 5. The molecule has 1 aromatic carbocycles. The molecule has 0 spiro atoms. The summed E-state index contributed by atoms with van der Waals surface area (Å²) >= 11 is 0. The fourth-order valence-electron chi connectivity index (χ4n) is 2.32. The first-order valence-electron chi connectivity index (χ1n) is 8.09. The molecule has 0 saturated carbocycles. The van der Waals surface area contributed by atoms with E-state index >= 15 is 0 Å². The molecular weight excluding hydrogens is 328 g/mol. The number of amides is 1. The molecule has 3 aromatic rings. The zero-order chi connectivity index (χ0) is 18.4. The van der Waals surface area contributed by atoms with Gasteiger partial charge in [-0.25, -0.2) is 9.67 Å². The first-order valence-corrected chi connectivity index (χ1v) is 8.09. The number of nitrogens with one attached hydrogen (secondary N) is 2. The van der Waals surface area contributed by atoms with Gasteiger partial charge in [0.05, 0.1) is 30.0 Å². The number of pyridine rings is 1. The van der Waals surface area contributed by atoms with E-state index in [0.717, 1.165) is 11.4 Å². The van der Waals surface area contributed by atoms with E-state index in [1.165, 1.54) is 6.20 Å². The maximum absolute atomic E-state index is 11.8. The van der Waals surface area contributed by atoms with Gasteiger partial charge in [-0.05, 0) is 31.2 Å². The van der Waals surface area contributed by atoms with Crippen molar-refractivity contribution in [2.24, 2.45) is 0 Å². The number of rotatable bonds is 6. The Kier molecular flexibility index (Phi) is 5.25. The maximum atomic E-state index is 11.8. The minimum atomic E-state index is -0.249. The monoisotopic (exact) mass is 346 g/mol. The maximum Gasteiger partial charge on any atom is 0.253 e. The highest BCUT2D eigenvalue weighted by molar-refractivity contribution is 5.94. The fraction of sp³-hybridized carbons (Fsp3) is 0.158. The van der Waals surface area contributed by atoms with E-state index in [1.807, 2.05) is 43.5 Å². The molecular formula is C19H18N6O. The van der Waals surface area contributed by atoms with Crippen molar-refractivity contribution in [2.45, 2.75) is 13.0 Å². The zero-order valence-corrected chi connectivity index (χ0v) is 14.3. The molecule has 1 atom stereocenters. The minimum absolute atomic E-state index is 0.0962. The third kappa shape index (κ3) is 4.05. The summed E-state index contributed by atoms with van der Waals surface area (Å²) < 4.78 is 1.72. The van der Waals surface area contributed by atoms with Crippen LogP contribution < -0.4 is 10.6 Å². The second-order valence-electron chi connectivity index (χ2n) is 5.61. The highest BCUT2D eigenvalue weighted by Crippen LogP contribution is 2.17. The number of carbonyl (C=O) groups is 1. The summed E-state index contributed by atoms with van der Waals surface area (Å²) in [5, 5.41) is 14.2. The fourth-order valence-corrected chi connectivity index (χ4v) is 2.32. The van der Waals surface area contributed by atoms with Gasteiger partial charge in [0.2, 0.25) is 0 Å². The molecule has 0 bridgehead atoms. The van der Waals surface area contributed by atoms with Crippen molar-refractivity contribution in [1.82, 2.24) is 25.3 Å². The molecule has 1 unspecified atom stereocenters. The lowest BCUT2D eigenvalue weighted by molar-refractivity contribution is 0.0958. The number of anilines is 1. The highest BCUT2D eigenvalue weighted by atomic mass is 16.1. The normalized spacial score (nSPS) is 11.4. The standard InChI is InChI=1S/C19H18N6O/c1-3-11-20-19(26)15-9-10-18(21-12-15)22-14(2)17-13-25(24-23-17)16-7-5-4-6-8-16/h1,4-10,12-14H,11H2,2H3,(H,20,26)(H,21,22). The Morgan fingerprint density at radius 1 is 1.27 bits per heavy atom. The lowest BCUT2D eigenvalue weighted by Gasteiger charge is -2.11. The highest BCUT2D eigenvalue weighted by Gasteiger charge is 2.12. The van der Waals surface area contributed by atoms with Crippen molar-refractivity contribution in [3.8, 4) is 18.0 Å². The molecule has 26 heavy (non-hydrogen) atoms. The van der Waals surface area contributed by atoms with Crippen LogP contribution in [-0.2, 0) is 0 Å². The molecule has 0 aliphatic heterocycles. The molecule has 1 amide bonds. The van der Waals surface area contributed by atoms with E-state index in [0.29, 0.717) is 11.4 Å². The van der Waals surface area contributed by atoms with Gasteiger partial charge in [-0.3, -0.25) is 4.79 Å². The van der Waals surface area contributed by atoms with Gasteiger partial charge in [0.15, 0.2) is 0 Å². The summed E-state index contributed by atoms with van der Waals surface area (Å²) in [6, 6.07) is 13.1. The molecule has 130 valence electrons. The summed E-state index contributed by atoms with van der Waals surface area (Å²) in [5.41, 5.74) is 2.18. The van der Waals surface area contributed by atoms with Crippen molar-refractivity contribution < 1.29 is 4.79 Å². The average Bonchev–Trinajstić information content (AvgIpc) is 3.18. The van der Waals surface area contributed by atoms with E-state index in [-0.39, 0.29) is 18.5 Å². The number of para-hydroxylation sites is 1. The summed E-state index contributed by atoms with van der Waals surface area (Å²) in [6.45, 7) is 2.15. The molecule has 0 radical (unpaired) electrons. The Morgan fingerprint density at radius 2 is 2.08 bits per heavy atom. The van der Waals surface area contributed by atoms with Gasteiger partial charge >= 0.3 is 0 Å². The second kappa shape index (κ2) is 7.94. The van der Waals surface area contributed by atoms with Crippen molar-refractivity contribution in [3.63, 3.8) is 0 Å². The number of aromatic nitrogens is 4. The molecule has 0 aliphatic rings. The Hall–Kier alpha value is -3.66. The topological polar surface area (TPSA) is 84.7 Å². The van der Waals surface area contributed by atoms with Crippen molar-refractivity contribution in [3.05, 3.63) is 66.1 Å². The summed E-state index contributed by atoms with van der Waals surface area (Å²) in [6.07, 6.45) is 8.50. The quantitative estimate of drug-likeness (QED) is 0.669. The van der Waals surface area contributed by atoms with Gasteiger partial charge in [0.1, 0.15) is 11.5 Å². The molecule has 7 nitrogen and oxygen atoms in total. The van der Waals surface area contributed by atoms with Crippen molar-refractivity contribution in [1.29, 1.82) is 0 Å². The van der Waals surface area contributed by atoms with E-state index in [4.69, 9.17) is 6.42 Å². The molecule has 2 N–H and O–H groups in total. The van der Waals surface area contributed by atoms with Crippen LogP contribution in [0.4, 0.5) is 5.82 Å².